The molecule has 1 atom stereocenters. The number of rotatable bonds is 2. The number of hydrogen-bond donors (Lipinski definition) is 1. The molecule has 1 heterocycles. The van der Waals surface area contributed by atoms with E-state index in [2.05, 4.69) is 4.98 Å². The van der Waals surface area contributed by atoms with E-state index in [1.807, 2.05) is 19.0 Å². The number of aliphatic hydroxyl groups is 1. The Morgan fingerprint density at radius 3 is 2.89 bits per heavy atom. The molecule has 1 aliphatic rings. The minimum Gasteiger partial charge on any atom is -0.383 e. The van der Waals surface area contributed by atoms with Gasteiger partial charge in [-0.3, -0.25) is 9.78 Å². The molecular formula is C14H18N2O2. The van der Waals surface area contributed by atoms with Crippen LogP contribution in [0.5, 0.6) is 0 Å². The molecule has 0 amide bonds. The molecule has 0 bridgehead atoms. The second-order valence-electron chi connectivity index (χ2n) is 4.90. The van der Waals surface area contributed by atoms with Crippen LogP contribution in [0.25, 0.3) is 0 Å². The Balaban J connectivity index is 2.37. The van der Waals surface area contributed by atoms with Gasteiger partial charge in [0.15, 0.2) is 11.4 Å². The van der Waals surface area contributed by atoms with Crippen molar-refractivity contribution in [1.29, 1.82) is 0 Å². The Kier molecular flexibility index (Phi) is 3.48. The summed E-state index contributed by atoms with van der Waals surface area (Å²) in [5, 5.41) is 10.6. The van der Waals surface area contributed by atoms with Crippen molar-refractivity contribution in [2.45, 2.75) is 24.9 Å². The van der Waals surface area contributed by atoms with Gasteiger partial charge in [-0.1, -0.05) is 6.07 Å². The molecule has 1 saturated carbocycles. The van der Waals surface area contributed by atoms with Crippen LogP contribution in [0.3, 0.4) is 0 Å². The molecule has 0 saturated heterocycles. The molecule has 1 fully saturated rings. The number of pyridine rings is 1. The van der Waals surface area contributed by atoms with Gasteiger partial charge in [0.2, 0.25) is 0 Å². The monoisotopic (exact) mass is 246 g/mol. The predicted octanol–water partition coefficient (Wildman–Crippen LogP) is 1.47. The van der Waals surface area contributed by atoms with Gasteiger partial charge in [-0.05, 0) is 25.3 Å². The summed E-state index contributed by atoms with van der Waals surface area (Å²) in [7, 11) is 3.75. The van der Waals surface area contributed by atoms with Crippen LogP contribution in [-0.4, -0.2) is 34.9 Å². The summed E-state index contributed by atoms with van der Waals surface area (Å²) in [4.78, 5) is 18.2. The first-order valence-corrected chi connectivity index (χ1v) is 6.09. The lowest BCUT2D eigenvalue weighted by molar-refractivity contribution is -0.137. The lowest BCUT2D eigenvalue weighted by Crippen LogP contribution is -2.40. The summed E-state index contributed by atoms with van der Waals surface area (Å²) in [5.74, 6) is -0.199. The Bertz CT molecular complexity index is 468. The number of carbonyl (C=O) groups excluding carboxylic acids is 1. The highest BCUT2D eigenvalue weighted by atomic mass is 16.3. The third-order valence-corrected chi connectivity index (χ3v) is 3.21. The van der Waals surface area contributed by atoms with E-state index < -0.39 is 5.60 Å². The maximum atomic E-state index is 12.4. The fraction of sp³-hybridized carbons (Fsp3) is 0.429. The molecule has 18 heavy (non-hydrogen) atoms. The van der Waals surface area contributed by atoms with Crippen molar-refractivity contribution < 1.29 is 9.90 Å². The molecule has 0 radical (unpaired) electrons. The topological polar surface area (TPSA) is 53.4 Å². The summed E-state index contributed by atoms with van der Waals surface area (Å²) in [6.45, 7) is 0. The van der Waals surface area contributed by atoms with Crippen molar-refractivity contribution >= 4 is 5.78 Å². The van der Waals surface area contributed by atoms with Crippen LogP contribution in [-0.2, 0) is 10.4 Å². The lowest BCUT2D eigenvalue weighted by Gasteiger charge is -2.32. The van der Waals surface area contributed by atoms with E-state index in [-0.39, 0.29) is 5.78 Å². The fourth-order valence-corrected chi connectivity index (χ4v) is 2.35. The number of carbonyl (C=O) groups is 1. The normalized spacial score (nSPS) is 26.4. The summed E-state index contributed by atoms with van der Waals surface area (Å²) in [6, 6.07) is 3.49. The molecule has 1 aromatic rings. The molecule has 0 spiro atoms. The summed E-state index contributed by atoms with van der Waals surface area (Å²) in [6.07, 6.45) is 6.98. The quantitative estimate of drug-likeness (QED) is 0.803. The zero-order chi connectivity index (χ0) is 13.2. The van der Waals surface area contributed by atoms with Gasteiger partial charge < -0.3 is 10.0 Å². The number of ketones is 1. The highest BCUT2D eigenvalue weighted by molar-refractivity contribution is 6.02. The molecule has 0 aliphatic heterocycles. The van der Waals surface area contributed by atoms with E-state index in [4.69, 9.17) is 0 Å². The highest BCUT2D eigenvalue weighted by Gasteiger charge is 2.42. The van der Waals surface area contributed by atoms with E-state index in [0.29, 0.717) is 17.6 Å². The van der Waals surface area contributed by atoms with Gasteiger partial charge in [-0.25, -0.2) is 0 Å². The van der Waals surface area contributed by atoms with Crippen molar-refractivity contribution in [2.24, 2.45) is 0 Å². The van der Waals surface area contributed by atoms with Gasteiger partial charge in [0.05, 0.1) is 0 Å². The summed E-state index contributed by atoms with van der Waals surface area (Å²) >= 11 is 0. The average molecular weight is 246 g/mol. The molecule has 1 aliphatic carbocycles. The smallest absolute Gasteiger partial charge is 0.196 e. The predicted molar refractivity (Wildman–Crippen MR) is 68.8 cm³/mol. The van der Waals surface area contributed by atoms with Crippen LogP contribution in [0, 0.1) is 0 Å². The third-order valence-electron chi connectivity index (χ3n) is 3.21. The fourth-order valence-electron chi connectivity index (χ4n) is 2.35. The van der Waals surface area contributed by atoms with Gasteiger partial charge in [-0.15, -0.1) is 0 Å². The molecular weight excluding hydrogens is 228 g/mol. The number of Topliss-reactive ketones (excluding diaryl/α,β-unsaturated/α-hetero) is 1. The van der Waals surface area contributed by atoms with Crippen LogP contribution < -0.4 is 0 Å². The highest BCUT2D eigenvalue weighted by Crippen LogP contribution is 2.36. The van der Waals surface area contributed by atoms with Crippen LogP contribution in [0.15, 0.2) is 36.3 Å². The largest absolute Gasteiger partial charge is 0.383 e. The van der Waals surface area contributed by atoms with Crippen molar-refractivity contribution in [3.63, 3.8) is 0 Å². The maximum Gasteiger partial charge on any atom is 0.196 e. The molecule has 1 N–H and O–H groups in total. The SMILES string of the molecule is CN(C)/C=C1\CCCC(O)(c2cccnc2)C1=O. The second-order valence-corrected chi connectivity index (χ2v) is 4.90. The van der Waals surface area contributed by atoms with Crippen molar-refractivity contribution in [1.82, 2.24) is 9.88 Å². The van der Waals surface area contributed by atoms with Gasteiger partial charge in [-0.2, -0.15) is 0 Å². The Morgan fingerprint density at radius 2 is 2.28 bits per heavy atom. The van der Waals surface area contributed by atoms with E-state index in [1.165, 1.54) is 0 Å². The first kappa shape index (κ1) is 12.8. The van der Waals surface area contributed by atoms with Gasteiger partial charge in [0, 0.05) is 43.8 Å². The summed E-state index contributed by atoms with van der Waals surface area (Å²) in [5.41, 5.74) is -0.147. The van der Waals surface area contributed by atoms with Crippen molar-refractivity contribution in [3.05, 3.63) is 41.9 Å². The summed E-state index contributed by atoms with van der Waals surface area (Å²) < 4.78 is 0. The zero-order valence-electron chi connectivity index (χ0n) is 10.8. The number of hydrogen-bond acceptors (Lipinski definition) is 4. The number of aromatic nitrogens is 1. The van der Waals surface area contributed by atoms with E-state index in [0.717, 1.165) is 12.8 Å². The van der Waals surface area contributed by atoms with Crippen molar-refractivity contribution in [3.8, 4) is 0 Å². The van der Waals surface area contributed by atoms with Gasteiger partial charge >= 0.3 is 0 Å². The molecule has 1 unspecified atom stereocenters. The lowest BCUT2D eigenvalue weighted by atomic mass is 9.77. The minimum atomic E-state index is -1.41. The Labute approximate surface area is 107 Å². The van der Waals surface area contributed by atoms with Crippen molar-refractivity contribution in [2.75, 3.05) is 14.1 Å². The third kappa shape index (κ3) is 2.29. The maximum absolute atomic E-state index is 12.4. The first-order valence-electron chi connectivity index (χ1n) is 6.09. The molecule has 0 aromatic carbocycles. The molecule has 1 aromatic heterocycles. The van der Waals surface area contributed by atoms with Crippen LogP contribution in [0.2, 0.25) is 0 Å². The standard InChI is InChI=1S/C14H18N2O2/c1-16(2)10-11-5-3-7-14(18,13(11)17)12-6-4-8-15-9-12/h4,6,8-10,18H,3,5,7H2,1-2H3/b11-10+. The molecule has 2 rings (SSSR count). The van der Waals surface area contributed by atoms with E-state index >= 15 is 0 Å². The molecule has 4 nitrogen and oxygen atoms in total. The second kappa shape index (κ2) is 4.90. The molecule has 96 valence electrons. The zero-order valence-corrected chi connectivity index (χ0v) is 10.8. The van der Waals surface area contributed by atoms with Crippen LogP contribution in [0.4, 0.5) is 0 Å². The Morgan fingerprint density at radius 1 is 1.50 bits per heavy atom. The first-order chi connectivity index (χ1) is 8.54. The van der Waals surface area contributed by atoms with Gasteiger partial charge in [0.1, 0.15) is 0 Å². The van der Waals surface area contributed by atoms with E-state index in [1.54, 1.807) is 30.7 Å². The minimum absolute atomic E-state index is 0.199. The van der Waals surface area contributed by atoms with Gasteiger partial charge in [0.25, 0.3) is 0 Å². The van der Waals surface area contributed by atoms with Crippen LogP contribution >= 0.6 is 0 Å². The average Bonchev–Trinajstić information content (AvgIpc) is 2.36. The Hall–Kier alpha value is -1.68. The van der Waals surface area contributed by atoms with E-state index in [9.17, 15) is 9.90 Å². The number of nitrogens with zero attached hydrogens (tertiary/aromatic N) is 2. The van der Waals surface area contributed by atoms with Crippen LogP contribution in [0.1, 0.15) is 24.8 Å². The molecule has 4 heteroatoms.